The zero-order chi connectivity index (χ0) is 18.7. The fourth-order valence-corrected chi connectivity index (χ4v) is 2.89. The Kier molecular flexibility index (Phi) is 5.26. The van der Waals surface area contributed by atoms with E-state index < -0.39 is 12.1 Å². The molecule has 6 nitrogen and oxygen atoms in total. The predicted molar refractivity (Wildman–Crippen MR) is 87.5 cm³/mol. The van der Waals surface area contributed by atoms with Crippen molar-refractivity contribution in [1.29, 1.82) is 0 Å². The van der Waals surface area contributed by atoms with Crippen molar-refractivity contribution in [2.24, 2.45) is 0 Å². The van der Waals surface area contributed by atoms with E-state index in [-0.39, 0.29) is 24.3 Å². The molecular weight excluding hydrogens is 349 g/mol. The van der Waals surface area contributed by atoms with Crippen LogP contribution in [0.4, 0.5) is 18.9 Å². The zero-order valence-electron chi connectivity index (χ0n) is 14.2. The number of benzene rings is 1. The van der Waals surface area contributed by atoms with E-state index in [2.05, 4.69) is 15.5 Å². The summed E-state index contributed by atoms with van der Waals surface area (Å²) in [6.07, 6.45) is -3.49. The highest BCUT2D eigenvalue weighted by molar-refractivity contribution is 5.92. The number of likely N-dealkylation sites (tertiary alicyclic amines) is 1. The first-order valence-electron chi connectivity index (χ1n) is 8.31. The Bertz CT molecular complexity index is 750. The highest BCUT2D eigenvalue weighted by Crippen LogP contribution is 2.32. The Balaban J connectivity index is 1.48. The molecule has 0 bridgehead atoms. The Hall–Kier alpha value is -2.42. The number of halogens is 3. The minimum atomic E-state index is -4.62. The van der Waals surface area contributed by atoms with Crippen LogP contribution in [0.15, 0.2) is 28.7 Å². The Labute approximate surface area is 148 Å². The number of amides is 1. The van der Waals surface area contributed by atoms with Gasteiger partial charge in [-0.05, 0) is 45.0 Å². The number of alkyl halides is 3. The van der Waals surface area contributed by atoms with Gasteiger partial charge in [-0.25, -0.2) is 0 Å². The van der Waals surface area contributed by atoms with Crippen LogP contribution in [0, 0.1) is 6.92 Å². The monoisotopic (exact) mass is 368 g/mol. The molecule has 1 saturated heterocycles. The number of carbonyl (C=O) groups is 1. The molecule has 9 heteroatoms. The molecule has 2 heterocycles. The molecule has 1 aromatic carbocycles. The van der Waals surface area contributed by atoms with Gasteiger partial charge in [0.15, 0.2) is 0 Å². The number of hydrogen-bond donors (Lipinski definition) is 1. The van der Waals surface area contributed by atoms with E-state index in [1.54, 1.807) is 0 Å². The van der Waals surface area contributed by atoms with Gasteiger partial charge in [-0.15, -0.1) is 10.2 Å². The van der Waals surface area contributed by atoms with Crippen molar-refractivity contribution in [2.75, 3.05) is 25.0 Å². The molecule has 1 aromatic heterocycles. The second kappa shape index (κ2) is 7.45. The maximum Gasteiger partial charge on any atom is 0.470 e. The van der Waals surface area contributed by atoms with Crippen LogP contribution in [0.25, 0.3) is 0 Å². The number of piperidine rings is 1. The van der Waals surface area contributed by atoms with Crippen molar-refractivity contribution in [2.45, 2.75) is 31.9 Å². The molecule has 0 aliphatic carbocycles. The SMILES string of the molecule is Cc1ccc(NC(=O)CN2CCC(c3nnc(C(F)(F)F)o3)CC2)cc1. The third-order valence-electron chi connectivity index (χ3n) is 4.32. The Morgan fingerprint density at radius 2 is 1.88 bits per heavy atom. The lowest BCUT2D eigenvalue weighted by Gasteiger charge is -2.29. The fraction of sp³-hybridized carbons (Fsp3) is 0.471. The first-order valence-corrected chi connectivity index (χ1v) is 8.31. The number of aryl methyl sites for hydroxylation is 1. The summed E-state index contributed by atoms with van der Waals surface area (Å²) in [6, 6.07) is 7.52. The first-order chi connectivity index (χ1) is 12.3. The number of rotatable bonds is 4. The highest BCUT2D eigenvalue weighted by atomic mass is 19.4. The van der Waals surface area contributed by atoms with Crippen LogP contribution in [0.2, 0.25) is 0 Å². The molecule has 0 radical (unpaired) electrons. The van der Waals surface area contributed by atoms with E-state index in [0.717, 1.165) is 11.3 Å². The molecule has 1 aliphatic heterocycles. The molecule has 1 fully saturated rings. The zero-order valence-corrected chi connectivity index (χ0v) is 14.2. The second-order valence-corrected chi connectivity index (χ2v) is 6.41. The van der Waals surface area contributed by atoms with Gasteiger partial charge in [0.1, 0.15) is 0 Å². The maximum atomic E-state index is 12.5. The van der Waals surface area contributed by atoms with Crippen molar-refractivity contribution in [1.82, 2.24) is 15.1 Å². The van der Waals surface area contributed by atoms with Crippen LogP contribution in [0.5, 0.6) is 0 Å². The summed E-state index contributed by atoms with van der Waals surface area (Å²) in [6.45, 7) is 3.36. The standard InChI is InChI=1S/C17H19F3N4O2/c1-11-2-4-13(5-3-11)21-14(25)10-24-8-6-12(7-9-24)15-22-23-16(26-15)17(18,19)20/h2-5,12H,6-10H2,1H3,(H,21,25). The predicted octanol–water partition coefficient (Wildman–Crippen LogP) is 3.21. The van der Waals surface area contributed by atoms with Gasteiger partial charge in [-0.3, -0.25) is 9.69 Å². The highest BCUT2D eigenvalue weighted by Gasteiger charge is 2.39. The van der Waals surface area contributed by atoms with Gasteiger partial charge in [0.05, 0.1) is 6.54 Å². The van der Waals surface area contributed by atoms with Gasteiger partial charge in [0, 0.05) is 11.6 Å². The molecule has 0 unspecified atom stereocenters. The topological polar surface area (TPSA) is 71.3 Å². The van der Waals surface area contributed by atoms with Gasteiger partial charge in [0.2, 0.25) is 11.8 Å². The second-order valence-electron chi connectivity index (χ2n) is 6.41. The van der Waals surface area contributed by atoms with Gasteiger partial charge in [-0.1, -0.05) is 17.7 Å². The summed E-state index contributed by atoms with van der Waals surface area (Å²) in [5.41, 5.74) is 1.85. The third kappa shape index (κ3) is 4.60. The fourth-order valence-electron chi connectivity index (χ4n) is 2.89. The minimum absolute atomic E-state index is 0.0149. The van der Waals surface area contributed by atoms with E-state index in [0.29, 0.717) is 25.9 Å². The van der Waals surface area contributed by atoms with E-state index in [9.17, 15) is 18.0 Å². The molecule has 0 saturated carbocycles. The van der Waals surface area contributed by atoms with E-state index in [1.807, 2.05) is 36.1 Å². The first kappa shape index (κ1) is 18.4. The Morgan fingerprint density at radius 3 is 2.46 bits per heavy atom. The smallest absolute Gasteiger partial charge is 0.417 e. The average Bonchev–Trinajstić information content (AvgIpc) is 3.08. The summed E-state index contributed by atoms with van der Waals surface area (Å²) in [5.74, 6) is -1.63. The summed E-state index contributed by atoms with van der Waals surface area (Å²) >= 11 is 0. The number of aromatic nitrogens is 2. The molecule has 0 atom stereocenters. The molecule has 26 heavy (non-hydrogen) atoms. The lowest BCUT2D eigenvalue weighted by Crippen LogP contribution is -2.38. The largest absolute Gasteiger partial charge is 0.470 e. The lowest BCUT2D eigenvalue weighted by molar-refractivity contribution is -0.157. The van der Waals surface area contributed by atoms with Crippen LogP contribution in [0.3, 0.4) is 0 Å². The maximum absolute atomic E-state index is 12.5. The van der Waals surface area contributed by atoms with Gasteiger partial charge in [-0.2, -0.15) is 13.2 Å². The molecule has 140 valence electrons. The molecule has 1 amide bonds. The summed E-state index contributed by atoms with van der Waals surface area (Å²) in [7, 11) is 0. The van der Waals surface area contributed by atoms with Crippen LogP contribution < -0.4 is 5.32 Å². The molecule has 1 N–H and O–H groups in total. The number of hydrogen-bond acceptors (Lipinski definition) is 5. The van der Waals surface area contributed by atoms with Crippen LogP contribution in [0.1, 0.15) is 36.1 Å². The lowest BCUT2D eigenvalue weighted by atomic mass is 9.97. The van der Waals surface area contributed by atoms with Gasteiger partial charge < -0.3 is 9.73 Å². The minimum Gasteiger partial charge on any atom is -0.417 e. The van der Waals surface area contributed by atoms with Gasteiger partial charge >= 0.3 is 12.1 Å². The summed E-state index contributed by atoms with van der Waals surface area (Å²) in [4.78, 5) is 14.1. The van der Waals surface area contributed by atoms with Crippen LogP contribution in [-0.4, -0.2) is 40.6 Å². The molecule has 2 aromatic rings. The molecule has 0 spiro atoms. The molecular formula is C17H19F3N4O2. The van der Waals surface area contributed by atoms with E-state index in [4.69, 9.17) is 4.42 Å². The number of anilines is 1. The molecule has 3 rings (SSSR count). The van der Waals surface area contributed by atoms with Crippen LogP contribution in [-0.2, 0) is 11.0 Å². The van der Waals surface area contributed by atoms with Crippen molar-refractivity contribution < 1.29 is 22.4 Å². The number of nitrogens with one attached hydrogen (secondary N) is 1. The molecule has 1 aliphatic rings. The normalized spacial score (nSPS) is 16.6. The van der Waals surface area contributed by atoms with Crippen LogP contribution >= 0.6 is 0 Å². The van der Waals surface area contributed by atoms with Crippen molar-refractivity contribution >= 4 is 11.6 Å². The number of nitrogens with zero attached hydrogens (tertiary/aromatic N) is 3. The summed E-state index contributed by atoms with van der Waals surface area (Å²) < 4.78 is 42.3. The van der Waals surface area contributed by atoms with Crippen molar-refractivity contribution in [3.63, 3.8) is 0 Å². The quantitative estimate of drug-likeness (QED) is 0.897. The Morgan fingerprint density at radius 1 is 1.23 bits per heavy atom. The van der Waals surface area contributed by atoms with E-state index >= 15 is 0 Å². The van der Waals surface area contributed by atoms with Crippen molar-refractivity contribution in [3.05, 3.63) is 41.6 Å². The van der Waals surface area contributed by atoms with Gasteiger partial charge in [0.25, 0.3) is 0 Å². The van der Waals surface area contributed by atoms with E-state index in [1.165, 1.54) is 0 Å². The third-order valence-corrected chi connectivity index (χ3v) is 4.32. The van der Waals surface area contributed by atoms with Crippen molar-refractivity contribution in [3.8, 4) is 0 Å². The average molecular weight is 368 g/mol. The number of carbonyl (C=O) groups excluding carboxylic acids is 1. The summed E-state index contributed by atoms with van der Waals surface area (Å²) in [5, 5.41) is 9.42.